The summed E-state index contributed by atoms with van der Waals surface area (Å²) in [5.41, 5.74) is 0. The van der Waals surface area contributed by atoms with Gasteiger partial charge in [-0.2, -0.15) is 0 Å². The topological polar surface area (TPSA) is 148 Å². The Labute approximate surface area is 104 Å². The van der Waals surface area contributed by atoms with Crippen LogP contribution in [0.2, 0.25) is 0 Å². The van der Waals surface area contributed by atoms with Crippen LogP contribution in [0.25, 0.3) is 0 Å². The molecule has 0 unspecified atom stereocenters. The second-order valence-corrected chi connectivity index (χ2v) is 3.31. The van der Waals surface area contributed by atoms with Gasteiger partial charge in [0.15, 0.2) is 5.76 Å². The third kappa shape index (κ3) is 6.05. The normalized spacial score (nSPS) is 10.4. The summed E-state index contributed by atoms with van der Waals surface area (Å²) in [6.07, 6.45) is 1.62. The molecule has 0 fully saturated rings. The summed E-state index contributed by atoms with van der Waals surface area (Å²) < 4.78 is 8.84. The highest BCUT2D eigenvalue weighted by atomic mass is 17.0. The standard InChI is InChI=1S/C8H9N2O9/c11-8-16-5-6(17-8)3-1-2-4-7(18-9(12)13)19-10(14)15/h7H,1-4H2. The lowest BCUT2D eigenvalue weighted by Gasteiger charge is -2.11. The minimum absolute atomic E-state index is 0.0654. The minimum Gasteiger partial charge on any atom is -0.395 e. The number of unbranched alkanes of at least 4 members (excludes halogenated alkanes) is 1. The fraction of sp³-hybridized carbons (Fsp3) is 0.625. The van der Waals surface area contributed by atoms with E-state index in [1.54, 1.807) is 0 Å². The van der Waals surface area contributed by atoms with Gasteiger partial charge in [0.05, 0.1) is 0 Å². The molecule has 0 spiro atoms. The summed E-state index contributed by atoms with van der Waals surface area (Å²) in [5, 5.41) is 17.8. The van der Waals surface area contributed by atoms with E-state index in [1.807, 2.05) is 0 Å². The second kappa shape index (κ2) is 6.98. The molecule has 0 bridgehead atoms. The first-order valence-electron chi connectivity index (χ1n) is 5.10. The molecule has 11 nitrogen and oxygen atoms in total. The van der Waals surface area contributed by atoms with E-state index in [2.05, 4.69) is 24.8 Å². The Bertz CT molecular complexity index is 463. The number of hydrogen-bond acceptors (Lipinski definition) is 9. The van der Waals surface area contributed by atoms with E-state index in [9.17, 15) is 25.0 Å². The Morgan fingerprint density at radius 3 is 2.32 bits per heavy atom. The van der Waals surface area contributed by atoms with Crippen molar-refractivity contribution >= 4 is 0 Å². The Morgan fingerprint density at radius 1 is 1.21 bits per heavy atom. The molecule has 0 N–H and O–H groups in total. The van der Waals surface area contributed by atoms with Crippen LogP contribution in [0.3, 0.4) is 0 Å². The quantitative estimate of drug-likeness (QED) is 0.272. The first-order valence-corrected chi connectivity index (χ1v) is 5.10. The maximum absolute atomic E-state index is 10.5. The highest BCUT2D eigenvalue weighted by Gasteiger charge is 2.17. The summed E-state index contributed by atoms with van der Waals surface area (Å²) in [6.45, 7) is 0. The Hall–Kier alpha value is -2.59. The van der Waals surface area contributed by atoms with Crippen molar-refractivity contribution < 1.29 is 28.7 Å². The zero-order chi connectivity index (χ0) is 14.3. The number of rotatable bonds is 9. The van der Waals surface area contributed by atoms with Gasteiger partial charge in [-0.1, -0.05) is 0 Å². The minimum atomic E-state index is -1.58. The van der Waals surface area contributed by atoms with Crippen LogP contribution in [0.15, 0.2) is 13.6 Å². The first kappa shape index (κ1) is 14.5. The molecule has 105 valence electrons. The zero-order valence-electron chi connectivity index (χ0n) is 9.47. The SMILES string of the molecule is O=c1o[c]c(CCCCC(O[N+](=O)[O-])O[N+](=O)[O-])o1. The van der Waals surface area contributed by atoms with Gasteiger partial charge in [0, 0.05) is 6.42 Å². The molecule has 1 radical (unpaired) electrons. The van der Waals surface area contributed by atoms with Crippen LogP contribution in [-0.2, 0) is 16.1 Å². The number of hydrogen-bond donors (Lipinski definition) is 0. The van der Waals surface area contributed by atoms with Crippen molar-refractivity contribution in [2.45, 2.75) is 32.0 Å². The van der Waals surface area contributed by atoms with E-state index in [0.29, 0.717) is 19.3 Å². The van der Waals surface area contributed by atoms with E-state index in [4.69, 9.17) is 0 Å². The molecule has 11 heteroatoms. The van der Waals surface area contributed by atoms with Crippen molar-refractivity contribution in [2.75, 3.05) is 0 Å². The monoisotopic (exact) mass is 277 g/mol. The van der Waals surface area contributed by atoms with E-state index >= 15 is 0 Å². The highest BCUT2D eigenvalue weighted by Crippen LogP contribution is 2.10. The number of aryl methyl sites for hydroxylation is 1. The maximum atomic E-state index is 10.5. The van der Waals surface area contributed by atoms with Crippen LogP contribution >= 0.6 is 0 Å². The second-order valence-electron chi connectivity index (χ2n) is 3.31. The lowest BCUT2D eigenvalue weighted by Crippen LogP contribution is -2.23. The van der Waals surface area contributed by atoms with Crippen molar-refractivity contribution in [3.8, 4) is 0 Å². The average Bonchev–Trinajstić information content (AvgIpc) is 2.68. The van der Waals surface area contributed by atoms with Crippen LogP contribution in [0.5, 0.6) is 0 Å². The van der Waals surface area contributed by atoms with Gasteiger partial charge < -0.3 is 8.83 Å². The summed E-state index contributed by atoms with van der Waals surface area (Å²) in [6, 6.07) is 0. The number of nitrogens with zero attached hydrogens (tertiary/aromatic N) is 2. The van der Waals surface area contributed by atoms with Gasteiger partial charge in [-0.15, -0.1) is 20.2 Å². The third-order valence-corrected chi connectivity index (χ3v) is 1.96. The van der Waals surface area contributed by atoms with Gasteiger partial charge in [-0.05, 0) is 19.3 Å². The first-order chi connectivity index (χ1) is 8.97. The van der Waals surface area contributed by atoms with E-state index in [0.717, 1.165) is 0 Å². The largest absolute Gasteiger partial charge is 0.519 e. The lowest BCUT2D eigenvalue weighted by atomic mass is 10.2. The Kier molecular flexibility index (Phi) is 5.32. The molecule has 19 heavy (non-hydrogen) atoms. The Balaban J connectivity index is 2.29. The molecular formula is C8H9N2O9. The van der Waals surface area contributed by atoms with Crippen LogP contribution in [0, 0.1) is 26.5 Å². The summed E-state index contributed by atoms with van der Waals surface area (Å²) >= 11 is 0. The molecule has 0 saturated heterocycles. The lowest BCUT2D eigenvalue weighted by molar-refractivity contribution is -0.851. The smallest absolute Gasteiger partial charge is 0.395 e. The van der Waals surface area contributed by atoms with Crippen LogP contribution in [-0.4, -0.2) is 16.5 Å². The van der Waals surface area contributed by atoms with Gasteiger partial charge >= 0.3 is 5.82 Å². The molecule has 1 aromatic rings. The summed E-state index contributed by atoms with van der Waals surface area (Å²) in [5.74, 6) is -0.673. The molecule has 0 saturated carbocycles. The molecular weight excluding hydrogens is 268 g/mol. The third-order valence-electron chi connectivity index (χ3n) is 1.96. The van der Waals surface area contributed by atoms with Crippen molar-refractivity contribution in [1.82, 2.24) is 0 Å². The van der Waals surface area contributed by atoms with Crippen molar-refractivity contribution in [2.24, 2.45) is 0 Å². The van der Waals surface area contributed by atoms with Crippen LogP contribution in [0.1, 0.15) is 25.0 Å². The van der Waals surface area contributed by atoms with Crippen molar-refractivity contribution in [3.05, 3.63) is 42.9 Å². The van der Waals surface area contributed by atoms with Crippen LogP contribution < -0.4 is 5.82 Å². The molecule has 0 atom stereocenters. The van der Waals surface area contributed by atoms with Crippen molar-refractivity contribution in [3.63, 3.8) is 0 Å². The maximum Gasteiger partial charge on any atom is 0.519 e. The molecule has 0 aliphatic rings. The van der Waals surface area contributed by atoms with E-state index < -0.39 is 22.3 Å². The fourth-order valence-electron chi connectivity index (χ4n) is 1.26. The molecule has 1 aromatic heterocycles. The molecule has 0 aliphatic carbocycles. The van der Waals surface area contributed by atoms with Gasteiger partial charge in [0.1, 0.15) is 0 Å². The predicted octanol–water partition coefficient (Wildman–Crippen LogP) is 0.488. The van der Waals surface area contributed by atoms with Gasteiger partial charge in [-0.3, -0.25) is 9.68 Å². The average molecular weight is 277 g/mol. The van der Waals surface area contributed by atoms with Crippen LogP contribution in [0.4, 0.5) is 0 Å². The molecule has 0 aromatic carbocycles. The Morgan fingerprint density at radius 2 is 1.84 bits per heavy atom. The zero-order valence-corrected chi connectivity index (χ0v) is 9.47. The molecule has 0 amide bonds. The highest BCUT2D eigenvalue weighted by molar-refractivity contribution is 4.82. The van der Waals surface area contributed by atoms with Gasteiger partial charge in [0.25, 0.3) is 16.5 Å². The molecule has 1 rings (SSSR count). The fourth-order valence-corrected chi connectivity index (χ4v) is 1.26. The van der Waals surface area contributed by atoms with Gasteiger partial charge in [0.2, 0.25) is 6.26 Å². The van der Waals surface area contributed by atoms with Gasteiger partial charge in [-0.25, -0.2) is 4.79 Å². The summed E-state index contributed by atoms with van der Waals surface area (Å²) in [7, 11) is 0. The summed E-state index contributed by atoms with van der Waals surface area (Å²) in [4.78, 5) is 38.6. The van der Waals surface area contributed by atoms with E-state index in [1.165, 1.54) is 0 Å². The molecule has 0 aliphatic heterocycles. The molecule has 1 heterocycles. The van der Waals surface area contributed by atoms with Crippen molar-refractivity contribution in [1.29, 1.82) is 0 Å². The predicted molar refractivity (Wildman–Crippen MR) is 53.6 cm³/mol. The van der Waals surface area contributed by atoms with E-state index in [-0.39, 0.29) is 12.2 Å².